The summed E-state index contributed by atoms with van der Waals surface area (Å²) >= 11 is 0. The van der Waals surface area contributed by atoms with Crippen LogP contribution < -0.4 is 0 Å². The van der Waals surface area contributed by atoms with Crippen molar-refractivity contribution in [1.82, 2.24) is 15.4 Å². The maximum absolute atomic E-state index is 4.51. The van der Waals surface area contributed by atoms with Crippen molar-refractivity contribution in [3.8, 4) is 0 Å². The summed E-state index contributed by atoms with van der Waals surface area (Å²) in [6.07, 6.45) is 2.72. The van der Waals surface area contributed by atoms with Gasteiger partial charge in [0.1, 0.15) is 5.69 Å². The summed E-state index contributed by atoms with van der Waals surface area (Å²) in [6, 6.07) is 8.32. The van der Waals surface area contributed by atoms with Crippen LogP contribution in [0.25, 0.3) is 0 Å². The van der Waals surface area contributed by atoms with Gasteiger partial charge in [-0.05, 0) is 12.0 Å². The number of nitrogens with one attached hydrogen (secondary N) is 1. The molecule has 4 heteroatoms. The van der Waals surface area contributed by atoms with Crippen LogP contribution in [0.5, 0.6) is 0 Å². The molecule has 0 spiro atoms. The van der Waals surface area contributed by atoms with E-state index in [9.17, 15) is 0 Å². The molecule has 2 aromatic rings. The number of H-pyrrole nitrogens is 1. The smallest absolute Gasteiger partial charge is 0.131 e. The zero-order valence-corrected chi connectivity index (χ0v) is 8.14. The number of aromatic nitrogens is 3. The van der Waals surface area contributed by atoms with Gasteiger partial charge in [0.05, 0.1) is 11.9 Å². The zero-order chi connectivity index (χ0) is 10.1. The van der Waals surface area contributed by atoms with Gasteiger partial charge < -0.3 is 0 Å². The van der Waals surface area contributed by atoms with Gasteiger partial charge in [-0.2, -0.15) is 15.4 Å². The fraction of sp³-hybridized carbons (Fsp3) is 0.182. The van der Waals surface area contributed by atoms with Crippen LogP contribution in [0, 0.1) is 0 Å². The Kier molecular flexibility index (Phi) is 1.84. The summed E-state index contributed by atoms with van der Waals surface area (Å²) in [5.74, 6) is 0. The van der Waals surface area contributed by atoms with Crippen molar-refractivity contribution in [1.29, 1.82) is 0 Å². The fourth-order valence-corrected chi connectivity index (χ4v) is 1.88. The molecule has 0 radical (unpaired) electrons. The minimum atomic E-state index is 0.821. The van der Waals surface area contributed by atoms with E-state index in [2.05, 4.69) is 38.6 Å². The maximum Gasteiger partial charge on any atom is 0.131 e. The topological polar surface area (TPSA) is 53.9 Å². The number of fused-ring (bicyclic) bond motifs is 1. The van der Waals surface area contributed by atoms with Gasteiger partial charge in [-0.25, -0.2) is 0 Å². The third kappa shape index (κ3) is 1.34. The van der Waals surface area contributed by atoms with E-state index >= 15 is 0 Å². The number of hydrogen-bond donors (Lipinski definition) is 1. The van der Waals surface area contributed by atoms with Gasteiger partial charge >= 0.3 is 0 Å². The van der Waals surface area contributed by atoms with Crippen molar-refractivity contribution in [2.45, 2.75) is 6.42 Å². The van der Waals surface area contributed by atoms with Gasteiger partial charge in [-0.15, -0.1) is 0 Å². The highest BCUT2D eigenvalue weighted by Crippen LogP contribution is 2.18. The molecule has 0 unspecified atom stereocenters. The number of rotatable bonds is 1. The van der Waals surface area contributed by atoms with Gasteiger partial charge in [0.2, 0.25) is 0 Å². The predicted octanol–water partition coefficient (Wildman–Crippen LogP) is 1.20. The highest BCUT2D eigenvalue weighted by molar-refractivity contribution is 6.12. The molecule has 0 amide bonds. The van der Waals surface area contributed by atoms with Gasteiger partial charge in [-0.1, -0.05) is 24.3 Å². The van der Waals surface area contributed by atoms with Gasteiger partial charge in [0, 0.05) is 12.1 Å². The Morgan fingerprint density at radius 2 is 2.13 bits per heavy atom. The molecule has 0 fully saturated rings. The molecule has 0 saturated carbocycles. The molecular weight excluding hydrogens is 188 g/mol. The summed E-state index contributed by atoms with van der Waals surface area (Å²) < 4.78 is 0. The molecule has 1 aliphatic rings. The van der Waals surface area contributed by atoms with E-state index < -0.39 is 0 Å². The summed E-state index contributed by atoms with van der Waals surface area (Å²) in [6.45, 7) is 0.833. The van der Waals surface area contributed by atoms with Crippen molar-refractivity contribution >= 4 is 5.71 Å². The Labute approximate surface area is 87.1 Å². The summed E-state index contributed by atoms with van der Waals surface area (Å²) in [5, 5.41) is 10.5. The molecule has 0 bridgehead atoms. The highest BCUT2D eigenvalue weighted by atomic mass is 15.3. The number of aliphatic imine (C=N–C) groups is 1. The van der Waals surface area contributed by atoms with Gasteiger partial charge in [-0.3, -0.25) is 4.99 Å². The normalized spacial score (nSPS) is 14.5. The Hall–Kier alpha value is -1.97. The first-order chi connectivity index (χ1) is 7.45. The van der Waals surface area contributed by atoms with Crippen LogP contribution in [0.15, 0.2) is 35.5 Å². The average molecular weight is 198 g/mol. The minimum Gasteiger partial charge on any atom is -0.282 e. The largest absolute Gasteiger partial charge is 0.282 e. The lowest BCUT2D eigenvalue weighted by atomic mass is 9.96. The number of hydrogen-bond acceptors (Lipinski definition) is 3. The summed E-state index contributed by atoms with van der Waals surface area (Å²) in [5.41, 5.74) is 4.29. The molecule has 15 heavy (non-hydrogen) atoms. The SMILES string of the molecule is c1ccc2c(c1)CCN=C2c1cn[nH]n1. The monoisotopic (exact) mass is 198 g/mol. The van der Waals surface area contributed by atoms with E-state index in [-0.39, 0.29) is 0 Å². The maximum atomic E-state index is 4.51. The molecule has 2 heterocycles. The minimum absolute atomic E-state index is 0.821. The third-order valence-electron chi connectivity index (χ3n) is 2.58. The van der Waals surface area contributed by atoms with Crippen LogP contribution in [-0.4, -0.2) is 27.7 Å². The van der Waals surface area contributed by atoms with Crippen LogP contribution in [0.4, 0.5) is 0 Å². The standard InChI is InChI=1S/C11H10N4/c1-2-4-9-8(3-1)5-6-12-11(9)10-7-13-15-14-10/h1-4,7H,5-6H2,(H,13,14,15). The second-order valence-corrected chi connectivity index (χ2v) is 3.49. The average Bonchev–Trinajstić information content (AvgIpc) is 2.82. The Morgan fingerprint density at radius 1 is 1.20 bits per heavy atom. The first-order valence-corrected chi connectivity index (χ1v) is 4.94. The Bertz CT molecular complexity index is 499. The fourth-order valence-electron chi connectivity index (χ4n) is 1.88. The molecular formula is C11H10N4. The molecule has 1 aromatic heterocycles. The number of nitrogens with zero attached hydrogens (tertiary/aromatic N) is 3. The van der Waals surface area contributed by atoms with Crippen molar-refractivity contribution in [2.75, 3.05) is 6.54 Å². The number of aromatic amines is 1. The highest BCUT2D eigenvalue weighted by Gasteiger charge is 2.16. The van der Waals surface area contributed by atoms with Crippen LogP contribution in [0.2, 0.25) is 0 Å². The summed E-state index contributed by atoms with van der Waals surface area (Å²) in [4.78, 5) is 4.51. The second kappa shape index (κ2) is 3.31. The first kappa shape index (κ1) is 8.35. The van der Waals surface area contributed by atoms with Crippen LogP contribution in [-0.2, 0) is 6.42 Å². The molecule has 0 saturated heterocycles. The van der Waals surface area contributed by atoms with Crippen LogP contribution in [0.1, 0.15) is 16.8 Å². The lowest BCUT2D eigenvalue weighted by Gasteiger charge is -2.14. The molecule has 1 N–H and O–H groups in total. The lowest BCUT2D eigenvalue weighted by molar-refractivity contribution is 0.924. The van der Waals surface area contributed by atoms with E-state index in [0.717, 1.165) is 24.4 Å². The molecule has 4 nitrogen and oxygen atoms in total. The molecule has 0 aliphatic carbocycles. The Morgan fingerprint density at radius 3 is 3.00 bits per heavy atom. The summed E-state index contributed by atoms with van der Waals surface area (Å²) in [7, 11) is 0. The second-order valence-electron chi connectivity index (χ2n) is 3.49. The number of benzene rings is 1. The molecule has 1 aromatic carbocycles. The van der Waals surface area contributed by atoms with Gasteiger partial charge in [0.15, 0.2) is 0 Å². The molecule has 0 atom stereocenters. The molecule has 3 rings (SSSR count). The quantitative estimate of drug-likeness (QED) is 0.748. The van der Waals surface area contributed by atoms with Crippen LogP contribution >= 0.6 is 0 Å². The van der Waals surface area contributed by atoms with Crippen LogP contribution in [0.3, 0.4) is 0 Å². The molecule has 1 aliphatic heterocycles. The third-order valence-corrected chi connectivity index (χ3v) is 2.58. The zero-order valence-electron chi connectivity index (χ0n) is 8.14. The van der Waals surface area contributed by atoms with Crippen molar-refractivity contribution in [3.63, 3.8) is 0 Å². The first-order valence-electron chi connectivity index (χ1n) is 4.94. The predicted molar refractivity (Wildman–Crippen MR) is 57.0 cm³/mol. The lowest BCUT2D eigenvalue weighted by Crippen LogP contribution is -2.14. The van der Waals surface area contributed by atoms with Crippen molar-refractivity contribution in [3.05, 3.63) is 47.3 Å². The van der Waals surface area contributed by atoms with E-state index in [1.54, 1.807) is 6.20 Å². The van der Waals surface area contributed by atoms with E-state index in [1.807, 2.05) is 6.07 Å². The van der Waals surface area contributed by atoms with Gasteiger partial charge in [0.25, 0.3) is 0 Å². The van der Waals surface area contributed by atoms with Crippen molar-refractivity contribution in [2.24, 2.45) is 4.99 Å². The molecule has 74 valence electrons. The van der Waals surface area contributed by atoms with E-state index in [0.29, 0.717) is 0 Å². The van der Waals surface area contributed by atoms with E-state index in [4.69, 9.17) is 0 Å². The van der Waals surface area contributed by atoms with Crippen molar-refractivity contribution < 1.29 is 0 Å². The van der Waals surface area contributed by atoms with E-state index in [1.165, 1.54) is 11.1 Å². The Balaban J connectivity index is 2.15.